The van der Waals surface area contributed by atoms with E-state index in [1.165, 1.54) is 0 Å². The van der Waals surface area contributed by atoms with E-state index in [-0.39, 0.29) is 5.75 Å². The molecule has 90 valence electrons. The minimum Gasteiger partial charge on any atom is -0.453 e. The Morgan fingerprint density at radius 1 is 1.44 bits per heavy atom. The highest BCUT2D eigenvalue weighted by atomic mass is 79.9. The van der Waals surface area contributed by atoms with E-state index in [9.17, 15) is 8.42 Å². The van der Waals surface area contributed by atoms with Crippen LogP contribution in [0, 0.1) is 0 Å². The minimum atomic E-state index is -3.06. The van der Waals surface area contributed by atoms with Gasteiger partial charge in [-0.05, 0) is 40.9 Å². The molecule has 1 aliphatic rings. The fourth-order valence-corrected chi connectivity index (χ4v) is 4.41. The maximum absolute atomic E-state index is 11.9. The van der Waals surface area contributed by atoms with Crippen molar-refractivity contribution in [3.05, 3.63) is 22.6 Å². The van der Waals surface area contributed by atoms with Gasteiger partial charge in [-0.1, -0.05) is 6.42 Å². The van der Waals surface area contributed by atoms with Gasteiger partial charge in [0, 0.05) is 0 Å². The molecule has 2 N–H and O–H groups in total. The van der Waals surface area contributed by atoms with Gasteiger partial charge in [0.15, 0.2) is 14.5 Å². The first-order chi connectivity index (χ1) is 7.50. The number of hydrogen-bond acceptors (Lipinski definition) is 4. The third-order valence-electron chi connectivity index (χ3n) is 2.95. The van der Waals surface area contributed by atoms with Crippen LogP contribution in [0.25, 0.3) is 0 Å². The SMILES string of the molecule is NC(c1ccc(Br)o1)C1CCCCS1(=O)=O. The maximum Gasteiger partial charge on any atom is 0.169 e. The number of rotatable bonds is 2. The van der Waals surface area contributed by atoms with E-state index in [0.29, 0.717) is 16.9 Å². The van der Waals surface area contributed by atoms with Crippen molar-refractivity contribution in [2.45, 2.75) is 30.6 Å². The lowest BCUT2D eigenvalue weighted by Crippen LogP contribution is -2.37. The molecule has 0 saturated carbocycles. The van der Waals surface area contributed by atoms with Crippen LogP contribution in [0.1, 0.15) is 31.1 Å². The van der Waals surface area contributed by atoms with E-state index in [2.05, 4.69) is 15.9 Å². The van der Waals surface area contributed by atoms with Gasteiger partial charge in [-0.2, -0.15) is 0 Å². The van der Waals surface area contributed by atoms with Crippen molar-refractivity contribution >= 4 is 25.8 Å². The third-order valence-corrected chi connectivity index (χ3v) is 5.69. The van der Waals surface area contributed by atoms with Crippen molar-refractivity contribution in [2.24, 2.45) is 5.73 Å². The highest BCUT2D eigenvalue weighted by molar-refractivity contribution is 9.10. The highest BCUT2D eigenvalue weighted by Gasteiger charge is 2.35. The zero-order chi connectivity index (χ0) is 11.8. The van der Waals surface area contributed by atoms with Crippen LogP contribution >= 0.6 is 15.9 Å². The molecule has 4 nitrogen and oxygen atoms in total. The summed E-state index contributed by atoms with van der Waals surface area (Å²) in [5.74, 6) is 0.773. The zero-order valence-corrected chi connectivity index (χ0v) is 11.1. The molecule has 6 heteroatoms. The second-order valence-electron chi connectivity index (χ2n) is 4.07. The predicted molar refractivity (Wildman–Crippen MR) is 64.8 cm³/mol. The van der Waals surface area contributed by atoms with Gasteiger partial charge in [-0.15, -0.1) is 0 Å². The molecule has 0 aromatic carbocycles. The van der Waals surface area contributed by atoms with E-state index >= 15 is 0 Å². The maximum atomic E-state index is 11.9. The fraction of sp³-hybridized carbons (Fsp3) is 0.600. The topological polar surface area (TPSA) is 73.3 Å². The number of nitrogens with two attached hydrogens (primary N) is 1. The summed E-state index contributed by atoms with van der Waals surface area (Å²) in [7, 11) is -3.06. The van der Waals surface area contributed by atoms with Gasteiger partial charge in [-0.25, -0.2) is 8.42 Å². The Morgan fingerprint density at radius 3 is 2.75 bits per heavy atom. The molecule has 16 heavy (non-hydrogen) atoms. The first-order valence-corrected chi connectivity index (χ1v) is 7.74. The fourth-order valence-electron chi connectivity index (χ4n) is 2.07. The summed E-state index contributed by atoms with van der Waals surface area (Å²) >= 11 is 3.18. The molecule has 2 rings (SSSR count). The van der Waals surface area contributed by atoms with Crippen LogP contribution in [-0.2, 0) is 9.84 Å². The van der Waals surface area contributed by atoms with Crippen LogP contribution in [0.3, 0.4) is 0 Å². The molecule has 2 unspecified atom stereocenters. The van der Waals surface area contributed by atoms with Crippen LogP contribution in [0.15, 0.2) is 21.2 Å². The molecule has 0 radical (unpaired) electrons. The Hall–Kier alpha value is -0.330. The zero-order valence-electron chi connectivity index (χ0n) is 8.73. The van der Waals surface area contributed by atoms with Gasteiger partial charge in [0.1, 0.15) is 5.76 Å². The highest BCUT2D eigenvalue weighted by Crippen LogP contribution is 2.30. The quantitative estimate of drug-likeness (QED) is 0.907. The molecule has 2 heterocycles. The number of furan rings is 1. The van der Waals surface area contributed by atoms with Crippen LogP contribution < -0.4 is 5.73 Å². The van der Waals surface area contributed by atoms with Crippen molar-refractivity contribution in [1.82, 2.24) is 0 Å². The molecule has 1 aromatic rings. The minimum absolute atomic E-state index is 0.243. The summed E-state index contributed by atoms with van der Waals surface area (Å²) in [6.07, 6.45) is 2.29. The molecule has 0 bridgehead atoms. The molecular weight excluding hydrogens is 294 g/mol. The molecule has 0 amide bonds. The molecule has 2 atom stereocenters. The van der Waals surface area contributed by atoms with Crippen molar-refractivity contribution in [3.63, 3.8) is 0 Å². The van der Waals surface area contributed by atoms with Crippen molar-refractivity contribution in [2.75, 3.05) is 5.75 Å². The van der Waals surface area contributed by atoms with Gasteiger partial charge in [0.05, 0.1) is 17.0 Å². The van der Waals surface area contributed by atoms with Crippen molar-refractivity contribution in [1.29, 1.82) is 0 Å². The monoisotopic (exact) mass is 307 g/mol. The van der Waals surface area contributed by atoms with Crippen LogP contribution in [0.5, 0.6) is 0 Å². The summed E-state index contributed by atoms with van der Waals surface area (Å²) < 4.78 is 29.6. The number of halogens is 1. The summed E-state index contributed by atoms with van der Waals surface area (Å²) in [5, 5.41) is -0.501. The lowest BCUT2D eigenvalue weighted by molar-refractivity contribution is 0.417. The Bertz CT molecular complexity index is 468. The smallest absolute Gasteiger partial charge is 0.169 e. The van der Waals surface area contributed by atoms with E-state index in [4.69, 9.17) is 10.2 Å². The number of sulfone groups is 1. The third kappa shape index (κ3) is 2.33. The van der Waals surface area contributed by atoms with Gasteiger partial charge in [-0.3, -0.25) is 0 Å². The lowest BCUT2D eigenvalue weighted by atomic mass is 10.1. The molecule has 1 saturated heterocycles. The van der Waals surface area contributed by atoms with Crippen molar-refractivity contribution in [3.8, 4) is 0 Å². The van der Waals surface area contributed by atoms with Crippen LogP contribution in [0.4, 0.5) is 0 Å². The van der Waals surface area contributed by atoms with E-state index < -0.39 is 21.1 Å². The largest absolute Gasteiger partial charge is 0.453 e. The van der Waals surface area contributed by atoms with Gasteiger partial charge < -0.3 is 10.2 Å². The molecule has 0 spiro atoms. The average Bonchev–Trinajstić information content (AvgIpc) is 2.63. The standard InChI is InChI=1S/C10H14BrNO3S/c11-9-5-4-7(15-9)10(12)8-3-1-2-6-16(8,13)14/h4-5,8,10H,1-3,6,12H2. The molecule has 0 aliphatic carbocycles. The second-order valence-corrected chi connectivity index (χ2v) is 7.19. The van der Waals surface area contributed by atoms with Crippen LogP contribution in [0.2, 0.25) is 0 Å². The van der Waals surface area contributed by atoms with Gasteiger partial charge in [0.2, 0.25) is 0 Å². The Kier molecular flexibility index (Phi) is 3.42. The van der Waals surface area contributed by atoms with Gasteiger partial charge >= 0.3 is 0 Å². The first-order valence-electron chi connectivity index (χ1n) is 5.23. The van der Waals surface area contributed by atoms with Crippen molar-refractivity contribution < 1.29 is 12.8 Å². The van der Waals surface area contributed by atoms with Crippen LogP contribution in [-0.4, -0.2) is 19.4 Å². The Labute approximate surface area is 103 Å². The second kappa shape index (κ2) is 4.50. The summed E-state index contributed by atoms with van der Waals surface area (Å²) in [6, 6.07) is 2.89. The summed E-state index contributed by atoms with van der Waals surface area (Å²) in [4.78, 5) is 0. The molecule has 1 fully saturated rings. The van der Waals surface area contributed by atoms with E-state index in [1.54, 1.807) is 12.1 Å². The lowest BCUT2D eigenvalue weighted by Gasteiger charge is -2.26. The normalized spacial score (nSPS) is 26.5. The molecule has 1 aromatic heterocycles. The van der Waals surface area contributed by atoms with Gasteiger partial charge in [0.25, 0.3) is 0 Å². The van der Waals surface area contributed by atoms with E-state index in [0.717, 1.165) is 12.8 Å². The summed E-state index contributed by atoms with van der Waals surface area (Å²) in [6.45, 7) is 0. The Balaban J connectivity index is 2.24. The van der Waals surface area contributed by atoms with E-state index in [1.807, 2.05) is 0 Å². The predicted octanol–water partition coefficient (Wildman–Crippen LogP) is 2.01. The first kappa shape index (κ1) is 12.1. The molecule has 1 aliphatic heterocycles. The average molecular weight is 308 g/mol. The Morgan fingerprint density at radius 2 is 2.19 bits per heavy atom. The molecular formula is C10H14BrNO3S. The number of hydrogen-bond donors (Lipinski definition) is 1. The summed E-state index contributed by atoms with van der Waals surface area (Å²) in [5.41, 5.74) is 5.96.